The van der Waals surface area contributed by atoms with Crippen molar-refractivity contribution in [3.8, 4) is 11.5 Å². The molecule has 0 heterocycles. The molecule has 8 heteroatoms. The van der Waals surface area contributed by atoms with E-state index in [2.05, 4.69) is 5.09 Å². The third-order valence-corrected chi connectivity index (χ3v) is 5.89. The maximum Gasteiger partial charge on any atom is 0.513 e. The van der Waals surface area contributed by atoms with Gasteiger partial charge in [0.05, 0.1) is 6.61 Å². The van der Waals surface area contributed by atoms with Crippen LogP contribution in [0.3, 0.4) is 0 Å². The van der Waals surface area contributed by atoms with Crippen molar-refractivity contribution in [2.45, 2.75) is 26.3 Å². The third-order valence-electron chi connectivity index (χ3n) is 3.71. The fraction of sp³-hybridized carbons (Fsp3) is 0.350. The van der Waals surface area contributed by atoms with E-state index in [1.54, 1.807) is 55.1 Å². The Kier molecular flexibility index (Phi) is 8.90. The summed E-state index contributed by atoms with van der Waals surface area (Å²) in [6, 6.07) is 15.0. The van der Waals surface area contributed by atoms with Gasteiger partial charge in [0.1, 0.15) is 17.5 Å². The second-order valence-corrected chi connectivity index (χ2v) is 8.63. The number of carbonyl (C=O) groups is 1. The molecule has 0 aromatic heterocycles. The SMILES string of the molecule is CCOC(=O)[C@H](CCSC)NP(=O)(Oc1ccccc1)Oc1ccc(C)cc1. The predicted octanol–water partition coefficient (Wildman–Crippen LogP) is 4.84. The number of ether oxygens (including phenoxy) is 1. The Labute approximate surface area is 170 Å². The standard InChI is InChI=1S/C20H26NO5PS/c1-4-24-20(22)19(14-15-28-3)21-27(23,25-17-8-6-5-7-9-17)26-18-12-10-16(2)11-13-18/h5-13,19H,4,14-15H2,1-3H3,(H,21,23)/t19-,27?/m0/s1. The summed E-state index contributed by atoms with van der Waals surface area (Å²) >= 11 is 1.58. The summed E-state index contributed by atoms with van der Waals surface area (Å²) in [6.07, 6.45) is 2.37. The van der Waals surface area contributed by atoms with Gasteiger partial charge in [-0.25, -0.2) is 4.57 Å². The Morgan fingerprint density at radius 2 is 1.68 bits per heavy atom. The van der Waals surface area contributed by atoms with Gasteiger partial charge in [0, 0.05) is 0 Å². The topological polar surface area (TPSA) is 73.9 Å². The Balaban J connectivity index is 2.27. The van der Waals surface area contributed by atoms with Crippen molar-refractivity contribution in [1.82, 2.24) is 5.09 Å². The van der Waals surface area contributed by atoms with Crippen molar-refractivity contribution < 1.29 is 23.1 Å². The monoisotopic (exact) mass is 423 g/mol. The summed E-state index contributed by atoms with van der Waals surface area (Å²) in [5.74, 6) is 0.954. The van der Waals surface area contributed by atoms with Gasteiger partial charge in [0.2, 0.25) is 0 Å². The molecular weight excluding hydrogens is 397 g/mol. The number of thioether (sulfide) groups is 1. The Hall–Kier alpha value is -1.95. The highest BCUT2D eigenvalue weighted by Crippen LogP contribution is 2.45. The first kappa shape index (κ1) is 22.3. The van der Waals surface area contributed by atoms with Gasteiger partial charge >= 0.3 is 13.7 Å². The molecule has 1 N–H and O–H groups in total. The van der Waals surface area contributed by atoms with Crippen LogP contribution in [0, 0.1) is 6.92 Å². The summed E-state index contributed by atoms with van der Waals surface area (Å²) in [5.41, 5.74) is 1.04. The Morgan fingerprint density at radius 1 is 1.07 bits per heavy atom. The largest absolute Gasteiger partial charge is 0.513 e. The predicted molar refractivity (Wildman–Crippen MR) is 113 cm³/mol. The number of benzene rings is 2. The molecule has 0 aliphatic heterocycles. The molecule has 0 aliphatic rings. The zero-order chi connectivity index (χ0) is 20.4. The van der Waals surface area contributed by atoms with E-state index in [-0.39, 0.29) is 6.61 Å². The zero-order valence-electron chi connectivity index (χ0n) is 16.3. The van der Waals surface area contributed by atoms with Crippen LogP contribution in [0.2, 0.25) is 0 Å². The number of carbonyl (C=O) groups excluding carboxylic acids is 1. The van der Waals surface area contributed by atoms with Crippen LogP contribution in [-0.2, 0) is 14.1 Å². The first-order chi connectivity index (χ1) is 13.5. The highest BCUT2D eigenvalue weighted by atomic mass is 32.2. The molecule has 6 nitrogen and oxygen atoms in total. The van der Waals surface area contributed by atoms with Gasteiger partial charge in [0.25, 0.3) is 0 Å². The lowest BCUT2D eigenvalue weighted by atomic mass is 10.2. The first-order valence-corrected chi connectivity index (χ1v) is 11.9. The molecule has 0 amide bonds. The van der Waals surface area contributed by atoms with E-state index in [9.17, 15) is 9.36 Å². The molecule has 2 rings (SSSR count). The van der Waals surface area contributed by atoms with Crippen LogP contribution >= 0.6 is 19.5 Å². The average molecular weight is 423 g/mol. The number of hydrogen-bond acceptors (Lipinski definition) is 6. The molecule has 28 heavy (non-hydrogen) atoms. The number of rotatable bonds is 11. The maximum absolute atomic E-state index is 13.5. The second-order valence-electron chi connectivity index (χ2n) is 6.02. The van der Waals surface area contributed by atoms with Crippen LogP contribution in [0.4, 0.5) is 0 Å². The lowest BCUT2D eigenvalue weighted by Crippen LogP contribution is -2.38. The summed E-state index contributed by atoms with van der Waals surface area (Å²) in [5, 5.41) is 2.78. The fourth-order valence-electron chi connectivity index (χ4n) is 2.33. The smallest absolute Gasteiger partial charge is 0.465 e. The minimum atomic E-state index is -3.91. The van der Waals surface area contributed by atoms with Crippen molar-refractivity contribution in [2.24, 2.45) is 0 Å². The molecule has 0 bridgehead atoms. The van der Waals surface area contributed by atoms with E-state index in [4.69, 9.17) is 13.8 Å². The van der Waals surface area contributed by atoms with E-state index >= 15 is 0 Å². The lowest BCUT2D eigenvalue weighted by molar-refractivity contribution is -0.145. The number of hydrogen-bond donors (Lipinski definition) is 1. The molecule has 152 valence electrons. The third kappa shape index (κ3) is 7.23. The van der Waals surface area contributed by atoms with Crippen molar-refractivity contribution in [2.75, 3.05) is 18.6 Å². The van der Waals surface area contributed by atoms with Gasteiger partial charge < -0.3 is 13.8 Å². The normalized spacial score (nSPS) is 14.0. The number of aryl methyl sites for hydroxylation is 1. The molecule has 1 unspecified atom stereocenters. The summed E-state index contributed by atoms with van der Waals surface area (Å²) in [4.78, 5) is 12.4. The van der Waals surface area contributed by atoms with Crippen LogP contribution in [0.5, 0.6) is 11.5 Å². The molecule has 0 saturated carbocycles. The molecule has 0 radical (unpaired) electrons. The molecule has 0 fully saturated rings. The van der Waals surface area contributed by atoms with Gasteiger partial charge in [0.15, 0.2) is 0 Å². The maximum atomic E-state index is 13.5. The summed E-state index contributed by atoms with van der Waals surface area (Å²) in [6.45, 7) is 3.91. The molecule has 0 spiro atoms. The fourth-order valence-corrected chi connectivity index (χ4v) is 4.36. The van der Waals surface area contributed by atoms with Gasteiger partial charge in [-0.2, -0.15) is 16.8 Å². The zero-order valence-corrected chi connectivity index (χ0v) is 18.0. The van der Waals surface area contributed by atoms with Crippen molar-refractivity contribution >= 4 is 25.5 Å². The molecule has 0 aliphatic carbocycles. The van der Waals surface area contributed by atoms with E-state index in [1.807, 2.05) is 31.4 Å². The van der Waals surface area contributed by atoms with Gasteiger partial charge in [-0.1, -0.05) is 35.9 Å². The number of esters is 1. The van der Waals surface area contributed by atoms with Crippen LogP contribution in [0.25, 0.3) is 0 Å². The van der Waals surface area contributed by atoms with Crippen molar-refractivity contribution in [3.05, 3.63) is 60.2 Å². The number of nitrogens with one attached hydrogen (secondary N) is 1. The molecular formula is C20H26NO5PS. The van der Waals surface area contributed by atoms with Crippen LogP contribution in [0.1, 0.15) is 18.9 Å². The van der Waals surface area contributed by atoms with Crippen LogP contribution in [0.15, 0.2) is 54.6 Å². The van der Waals surface area contributed by atoms with Gasteiger partial charge in [-0.3, -0.25) is 4.79 Å². The Bertz CT molecular complexity index is 785. The highest BCUT2D eigenvalue weighted by Gasteiger charge is 2.35. The minimum Gasteiger partial charge on any atom is -0.465 e. The molecule has 2 atom stereocenters. The van der Waals surface area contributed by atoms with Gasteiger partial charge in [-0.05, 0) is 56.5 Å². The number of para-hydroxylation sites is 1. The van der Waals surface area contributed by atoms with E-state index in [0.29, 0.717) is 23.7 Å². The second kappa shape index (κ2) is 11.1. The molecule has 2 aromatic carbocycles. The summed E-state index contributed by atoms with van der Waals surface area (Å²) < 4.78 is 30.1. The quantitative estimate of drug-likeness (QED) is 0.410. The van der Waals surface area contributed by atoms with Crippen molar-refractivity contribution in [3.63, 3.8) is 0 Å². The molecule has 2 aromatic rings. The van der Waals surface area contributed by atoms with Crippen LogP contribution < -0.4 is 14.1 Å². The van der Waals surface area contributed by atoms with Crippen molar-refractivity contribution in [1.29, 1.82) is 0 Å². The van der Waals surface area contributed by atoms with E-state index < -0.39 is 19.8 Å². The first-order valence-electron chi connectivity index (χ1n) is 9.00. The lowest BCUT2D eigenvalue weighted by Gasteiger charge is -2.24. The van der Waals surface area contributed by atoms with E-state index in [0.717, 1.165) is 5.56 Å². The Morgan fingerprint density at radius 3 is 2.25 bits per heavy atom. The van der Waals surface area contributed by atoms with Gasteiger partial charge in [-0.15, -0.1) is 0 Å². The van der Waals surface area contributed by atoms with E-state index in [1.165, 1.54) is 0 Å². The highest BCUT2D eigenvalue weighted by molar-refractivity contribution is 7.98. The van der Waals surface area contributed by atoms with Crippen LogP contribution in [-0.4, -0.2) is 30.6 Å². The summed E-state index contributed by atoms with van der Waals surface area (Å²) in [7, 11) is -3.91. The molecule has 0 saturated heterocycles. The minimum absolute atomic E-state index is 0.235. The average Bonchev–Trinajstić information content (AvgIpc) is 2.68.